The van der Waals surface area contributed by atoms with Gasteiger partial charge in [-0.2, -0.15) is 5.26 Å². The van der Waals surface area contributed by atoms with Gasteiger partial charge in [0.05, 0.1) is 6.10 Å². The summed E-state index contributed by atoms with van der Waals surface area (Å²) in [6.07, 6.45) is 3.07. The highest BCUT2D eigenvalue weighted by Crippen LogP contribution is 2.18. The highest BCUT2D eigenvalue weighted by Gasteiger charge is 2.19. The van der Waals surface area contributed by atoms with Crippen LogP contribution in [0.5, 0.6) is 0 Å². The molecule has 1 saturated heterocycles. The highest BCUT2D eigenvalue weighted by molar-refractivity contribution is 6.01. The zero-order valence-corrected chi connectivity index (χ0v) is 13.5. The Labute approximate surface area is 140 Å². The number of nitrogens with zero attached hydrogens (tertiary/aromatic N) is 2. The molecule has 7 nitrogen and oxygen atoms in total. The summed E-state index contributed by atoms with van der Waals surface area (Å²) in [5, 5.41) is 11.9. The van der Waals surface area contributed by atoms with Crippen molar-refractivity contribution in [3.63, 3.8) is 0 Å². The van der Waals surface area contributed by atoms with E-state index in [2.05, 4.69) is 5.32 Å². The van der Waals surface area contributed by atoms with Gasteiger partial charge in [0.1, 0.15) is 11.6 Å². The van der Waals surface area contributed by atoms with Gasteiger partial charge in [-0.1, -0.05) is 0 Å². The van der Waals surface area contributed by atoms with Crippen LogP contribution in [0.1, 0.15) is 19.8 Å². The van der Waals surface area contributed by atoms with Crippen LogP contribution in [0.3, 0.4) is 0 Å². The van der Waals surface area contributed by atoms with Gasteiger partial charge in [0.25, 0.3) is 5.91 Å². The third kappa shape index (κ3) is 4.57. The molecule has 0 spiro atoms. The van der Waals surface area contributed by atoms with E-state index in [1.165, 1.54) is 18.0 Å². The van der Waals surface area contributed by atoms with E-state index in [0.29, 0.717) is 24.5 Å². The monoisotopic (exact) mass is 328 g/mol. The Bertz CT molecular complexity index is 670. The van der Waals surface area contributed by atoms with Gasteiger partial charge in [-0.15, -0.1) is 0 Å². The van der Waals surface area contributed by atoms with Gasteiger partial charge < -0.3 is 15.8 Å². The number of nitriles is 1. The number of hydrogen-bond acceptors (Lipinski definition) is 5. The number of nitrogen functional groups attached to an aromatic ring is 1. The number of anilines is 2. The van der Waals surface area contributed by atoms with E-state index in [0.717, 1.165) is 12.8 Å². The summed E-state index contributed by atoms with van der Waals surface area (Å²) < 4.78 is 5.42. The van der Waals surface area contributed by atoms with Crippen molar-refractivity contribution in [2.75, 3.05) is 23.8 Å². The lowest BCUT2D eigenvalue weighted by Crippen LogP contribution is -2.33. The van der Waals surface area contributed by atoms with Crippen LogP contribution in [0, 0.1) is 11.3 Å². The molecule has 0 aliphatic carbocycles. The van der Waals surface area contributed by atoms with Gasteiger partial charge >= 0.3 is 0 Å². The van der Waals surface area contributed by atoms with Crippen molar-refractivity contribution in [3.05, 3.63) is 36.0 Å². The Morgan fingerprint density at radius 3 is 2.71 bits per heavy atom. The second kappa shape index (κ2) is 8.13. The van der Waals surface area contributed by atoms with Crippen molar-refractivity contribution in [2.24, 2.45) is 0 Å². The van der Waals surface area contributed by atoms with E-state index in [1.807, 2.05) is 6.07 Å². The van der Waals surface area contributed by atoms with Gasteiger partial charge in [0, 0.05) is 37.7 Å². The van der Waals surface area contributed by atoms with E-state index in [4.69, 9.17) is 10.5 Å². The van der Waals surface area contributed by atoms with Crippen LogP contribution in [0.4, 0.5) is 11.4 Å². The lowest BCUT2D eigenvalue weighted by molar-refractivity contribution is -0.117. The lowest BCUT2D eigenvalue weighted by atomic mass is 10.2. The molecule has 1 unspecified atom stereocenters. The summed E-state index contributed by atoms with van der Waals surface area (Å²) in [5.41, 5.74) is 6.56. The predicted molar refractivity (Wildman–Crippen MR) is 89.7 cm³/mol. The maximum Gasteiger partial charge on any atom is 0.263 e. The summed E-state index contributed by atoms with van der Waals surface area (Å²) in [4.78, 5) is 25.3. The first-order valence-electron chi connectivity index (χ1n) is 7.68. The van der Waals surface area contributed by atoms with Crippen molar-refractivity contribution in [1.29, 1.82) is 5.26 Å². The molecule has 1 aliphatic rings. The zero-order chi connectivity index (χ0) is 17.5. The molecule has 126 valence electrons. The summed E-state index contributed by atoms with van der Waals surface area (Å²) in [6.45, 7) is 2.39. The maximum absolute atomic E-state index is 12.2. The number of carbonyl (C=O) groups excluding carboxylic acids is 2. The molecule has 3 N–H and O–H groups in total. The second-order valence-electron chi connectivity index (χ2n) is 5.48. The standard InChI is InChI=1S/C17H20N4O3/c1-12(22)21(15-6-4-14(19)5-7-15)11-13(9-18)17(23)20-10-16-3-2-8-24-16/h4-7,11,16H,2-3,8,10,19H2,1H3,(H,20,23)/b13-11-. The lowest BCUT2D eigenvalue weighted by Gasteiger charge is -2.17. The molecular weight excluding hydrogens is 308 g/mol. The molecule has 2 rings (SSSR count). The molecule has 1 aromatic carbocycles. The van der Waals surface area contributed by atoms with Gasteiger partial charge in [0.15, 0.2) is 0 Å². The Hall–Kier alpha value is -2.85. The van der Waals surface area contributed by atoms with E-state index in [-0.39, 0.29) is 17.6 Å². The van der Waals surface area contributed by atoms with E-state index in [1.54, 1.807) is 24.3 Å². The molecule has 1 heterocycles. The molecule has 0 aromatic heterocycles. The molecule has 0 bridgehead atoms. The fourth-order valence-electron chi connectivity index (χ4n) is 2.36. The third-order valence-corrected chi connectivity index (χ3v) is 3.65. The van der Waals surface area contributed by atoms with Gasteiger partial charge in [-0.05, 0) is 37.1 Å². The second-order valence-corrected chi connectivity index (χ2v) is 5.48. The quantitative estimate of drug-likeness (QED) is 0.481. The summed E-state index contributed by atoms with van der Waals surface area (Å²) >= 11 is 0. The van der Waals surface area contributed by atoms with Crippen molar-refractivity contribution in [3.8, 4) is 6.07 Å². The Kier molecular flexibility index (Phi) is 5.93. The van der Waals surface area contributed by atoms with Crippen LogP contribution in [0.2, 0.25) is 0 Å². The van der Waals surface area contributed by atoms with Gasteiger partial charge in [0.2, 0.25) is 5.91 Å². The first-order chi connectivity index (χ1) is 11.5. The Morgan fingerprint density at radius 1 is 1.46 bits per heavy atom. The SMILES string of the molecule is CC(=O)N(/C=C(/C#N)C(=O)NCC1CCCO1)c1ccc(N)cc1. The van der Waals surface area contributed by atoms with E-state index >= 15 is 0 Å². The number of benzene rings is 1. The summed E-state index contributed by atoms with van der Waals surface area (Å²) in [5.74, 6) is -0.853. The molecular formula is C17H20N4O3. The van der Waals surface area contributed by atoms with E-state index < -0.39 is 5.91 Å². The highest BCUT2D eigenvalue weighted by atomic mass is 16.5. The first kappa shape index (κ1) is 17.5. The molecule has 1 atom stereocenters. The number of amides is 2. The summed E-state index contributed by atoms with van der Waals surface area (Å²) in [6, 6.07) is 8.41. The molecule has 24 heavy (non-hydrogen) atoms. The molecule has 7 heteroatoms. The Morgan fingerprint density at radius 2 is 2.17 bits per heavy atom. The Balaban J connectivity index is 2.12. The zero-order valence-electron chi connectivity index (χ0n) is 13.5. The number of hydrogen-bond donors (Lipinski definition) is 2. The van der Waals surface area contributed by atoms with Crippen molar-refractivity contribution in [2.45, 2.75) is 25.9 Å². The van der Waals surface area contributed by atoms with Crippen LogP contribution < -0.4 is 16.0 Å². The number of nitrogens with two attached hydrogens (primary N) is 1. The molecule has 2 amide bonds. The first-order valence-corrected chi connectivity index (χ1v) is 7.68. The van der Waals surface area contributed by atoms with Crippen molar-refractivity contribution < 1.29 is 14.3 Å². The average Bonchev–Trinajstić information content (AvgIpc) is 3.08. The number of carbonyl (C=O) groups is 2. The van der Waals surface area contributed by atoms with Crippen LogP contribution in [0.15, 0.2) is 36.0 Å². The third-order valence-electron chi connectivity index (χ3n) is 3.65. The van der Waals surface area contributed by atoms with Gasteiger partial charge in [-0.25, -0.2) is 0 Å². The predicted octanol–water partition coefficient (Wildman–Crippen LogP) is 1.32. The fourth-order valence-corrected chi connectivity index (χ4v) is 2.36. The largest absolute Gasteiger partial charge is 0.399 e. The molecule has 1 fully saturated rings. The maximum atomic E-state index is 12.2. The molecule has 1 aromatic rings. The van der Waals surface area contributed by atoms with E-state index in [9.17, 15) is 14.9 Å². The molecule has 0 radical (unpaired) electrons. The van der Waals surface area contributed by atoms with Crippen LogP contribution in [0.25, 0.3) is 0 Å². The minimum absolute atomic E-state index is 0.0186. The van der Waals surface area contributed by atoms with Crippen molar-refractivity contribution >= 4 is 23.2 Å². The van der Waals surface area contributed by atoms with Crippen molar-refractivity contribution in [1.82, 2.24) is 5.32 Å². The topological polar surface area (TPSA) is 108 Å². The van der Waals surface area contributed by atoms with Crippen LogP contribution >= 0.6 is 0 Å². The molecule has 1 aliphatic heterocycles. The number of ether oxygens (including phenoxy) is 1. The molecule has 0 saturated carbocycles. The number of rotatable bonds is 5. The smallest absolute Gasteiger partial charge is 0.263 e. The van der Waals surface area contributed by atoms with Crippen LogP contribution in [-0.2, 0) is 14.3 Å². The van der Waals surface area contributed by atoms with Crippen LogP contribution in [-0.4, -0.2) is 31.1 Å². The summed E-state index contributed by atoms with van der Waals surface area (Å²) in [7, 11) is 0. The fraction of sp³-hybridized carbons (Fsp3) is 0.353. The normalized spacial score (nSPS) is 17.2. The average molecular weight is 328 g/mol. The minimum Gasteiger partial charge on any atom is -0.399 e. The minimum atomic E-state index is -0.533. The van der Waals surface area contributed by atoms with Gasteiger partial charge in [-0.3, -0.25) is 14.5 Å². The number of nitrogens with one attached hydrogen (secondary N) is 1.